The van der Waals surface area contributed by atoms with Crippen molar-refractivity contribution in [2.75, 3.05) is 6.54 Å². The maximum absolute atomic E-state index is 13.5. The maximum atomic E-state index is 13.5. The zero-order valence-electron chi connectivity index (χ0n) is 11.8. The van der Waals surface area contributed by atoms with Gasteiger partial charge in [-0.25, -0.2) is 8.78 Å². The van der Waals surface area contributed by atoms with Crippen molar-refractivity contribution in [3.05, 3.63) is 46.5 Å². The number of carbonyl (C=O) groups excluding carboxylic acids is 1. The van der Waals surface area contributed by atoms with E-state index in [1.165, 1.54) is 23.1 Å². The van der Waals surface area contributed by atoms with Gasteiger partial charge >= 0.3 is 0 Å². The predicted octanol–water partition coefficient (Wildman–Crippen LogP) is 2.70. The van der Waals surface area contributed by atoms with E-state index in [-0.39, 0.29) is 28.6 Å². The first-order chi connectivity index (χ1) is 10.4. The van der Waals surface area contributed by atoms with Crippen LogP contribution in [0.25, 0.3) is 0 Å². The van der Waals surface area contributed by atoms with E-state index in [1.54, 1.807) is 6.33 Å². The van der Waals surface area contributed by atoms with E-state index < -0.39 is 5.92 Å². The van der Waals surface area contributed by atoms with Crippen LogP contribution in [0.5, 0.6) is 0 Å². The van der Waals surface area contributed by atoms with Crippen molar-refractivity contribution in [2.24, 2.45) is 0 Å². The fourth-order valence-corrected chi connectivity index (χ4v) is 2.82. The van der Waals surface area contributed by atoms with E-state index in [2.05, 4.69) is 10.2 Å². The number of rotatable bonds is 2. The number of halogens is 3. The van der Waals surface area contributed by atoms with Crippen LogP contribution in [0.2, 0.25) is 5.02 Å². The molecular formula is C14H13ClF2N4O. The Kier molecular flexibility index (Phi) is 3.60. The summed E-state index contributed by atoms with van der Waals surface area (Å²) in [6.45, 7) is 2.05. The molecule has 2 aromatic rings. The molecule has 0 saturated carbocycles. The number of hydrogen-bond acceptors (Lipinski definition) is 3. The third-order valence-electron chi connectivity index (χ3n) is 3.63. The second kappa shape index (κ2) is 5.31. The third-order valence-corrected chi connectivity index (χ3v) is 4.04. The van der Waals surface area contributed by atoms with E-state index >= 15 is 0 Å². The van der Waals surface area contributed by atoms with Gasteiger partial charge in [-0.1, -0.05) is 23.7 Å². The number of nitrogens with zero attached hydrogens (tertiary/aromatic N) is 4. The Morgan fingerprint density at radius 1 is 1.36 bits per heavy atom. The van der Waals surface area contributed by atoms with Crippen LogP contribution < -0.4 is 0 Å². The highest BCUT2D eigenvalue weighted by Crippen LogP contribution is 2.35. The Balaban J connectivity index is 1.91. The van der Waals surface area contributed by atoms with Gasteiger partial charge in [0.2, 0.25) is 0 Å². The van der Waals surface area contributed by atoms with Crippen molar-refractivity contribution >= 4 is 17.5 Å². The van der Waals surface area contributed by atoms with Crippen LogP contribution in [0.1, 0.15) is 28.7 Å². The number of aromatic nitrogens is 3. The fraction of sp³-hybridized carbons (Fsp3) is 0.357. The fourth-order valence-electron chi connectivity index (χ4n) is 2.45. The van der Waals surface area contributed by atoms with E-state index in [9.17, 15) is 13.6 Å². The summed E-state index contributed by atoms with van der Waals surface area (Å²) in [5.41, 5.74) is -0.270. The molecule has 8 heteroatoms. The minimum Gasteiger partial charge on any atom is -0.329 e. The molecule has 1 aromatic carbocycles. The van der Waals surface area contributed by atoms with Crippen LogP contribution in [0, 0.1) is 0 Å². The zero-order valence-corrected chi connectivity index (χ0v) is 12.5. The topological polar surface area (TPSA) is 51.0 Å². The van der Waals surface area contributed by atoms with Crippen LogP contribution in [0.4, 0.5) is 8.78 Å². The van der Waals surface area contributed by atoms with E-state index in [0.717, 1.165) is 6.92 Å². The molecule has 1 aromatic heterocycles. The van der Waals surface area contributed by atoms with Gasteiger partial charge in [0.05, 0.1) is 17.1 Å². The summed E-state index contributed by atoms with van der Waals surface area (Å²) in [7, 11) is 0. The van der Waals surface area contributed by atoms with Crippen molar-refractivity contribution in [2.45, 2.75) is 25.9 Å². The Morgan fingerprint density at radius 2 is 2.14 bits per heavy atom. The second-order valence-corrected chi connectivity index (χ2v) is 5.60. The van der Waals surface area contributed by atoms with E-state index in [0.29, 0.717) is 18.9 Å². The van der Waals surface area contributed by atoms with Crippen LogP contribution in [0.15, 0.2) is 24.5 Å². The lowest BCUT2D eigenvalue weighted by atomic mass is 10.0. The Hall–Kier alpha value is -2.02. The molecule has 3 rings (SSSR count). The highest BCUT2D eigenvalue weighted by atomic mass is 35.5. The highest BCUT2D eigenvalue weighted by molar-refractivity contribution is 6.34. The minimum atomic E-state index is -3.10. The number of amides is 1. The van der Waals surface area contributed by atoms with Crippen molar-refractivity contribution < 1.29 is 13.6 Å². The summed E-state index contributed by atoms with van der Waals surface area (Å²) in [6.07, 6.45) is 1.60. The minimum absolute atomic E-state index is 0.0775. The second-order valence-electron chi connectivity index (χ2n) is 5.22. The molecule has 0 bridgehead atoms. The summed E-state index contributed by atoms with van der Waals surface area (Å²) in [5.74, 6) is -2.83. The molecule has 0 saturated heterocycles. The molecule has 2 heterocycles. The smallest absolute Gasteiger partial charge is 0.271 e. The quantitative estimate of drug-likeness (QED) is 0.852. The highest BCUT2D eigenvalue weighted by Gasteiger charge is 2.31. The summed E-state index contributed by atoms with van der Waals surface area (Å²) < 4.78 is 28.9. The molecule has 0 N–H and O–H groups in total. The lowest BCUT2D eigenvalue weighted by Gasteiger charge is -2.27. The van der Waals surface area contributed by atoms with E-state index in [1.807, 2.05) is 4.57 Å². The number of carbonyl (C=O) groups is 1. The van der Waals surface area contributed by atoms with Gasteiger partial charge in [-0.3, -0.25) is 4.79 Å². The number of alkyl halides is 2. The first-order valence-electron chi connectivity index (χ1n) is 6.70. The van der Waals surface area contributed by atoms with Crippen molar-refractivity contribution in [3.8, 4) is 0 Å². The summed E-state index contributed by atoms with van der Waals surface area (Å²) in [4.78, 5) is 14.1. The molecular weight excluding hydrogens is 314 g/mol. The van der Waals surface area contributed by atoms with Crippen molar-refractivity contribution in [1.29, 1.82) is 0 Å². The zero-order chi connectivity index (χ0) is 15.9. The Morgan fingerprint density at radius 3 is 2.86 bits per heavy atom. The SMILES string of the molecule is CC(F)(F)c1cccc(C(=O)N2CCn3cnnc3C2)c1Cl. The lowest BCUT2D eigenvalue weighted by molar-refractivity contribution is 0.0175. The standard InChI is InChI=1S/C14H13ClF2N4O/c1-14(16,17)10-4-2-3-9(12(10)15)13(22)20-5-6-21-8-18-19-11(21)7-20/h2-4,8H,5-7H2,1H3. The maximum Gasteiger partial charge on any atom is 0.271 e. The molecule has 1 aliphatic rings. The normalized spacial score (nSPS) is 14.8. The van der Waals surface area contributed by atoms with Gasteiger partial charge in [-0.15, -0.1) is 10.2 Å². The average Bonchev–Trinajstić information content (AvgIpc) is 2.93. The largest absolute Gasteiger partial charge is 0.329 e. The van der Waals surface area contributed by atoms with Gasteiger partial charge in [0.25, 0.3) is 11.8 Å². The summed E-state index contributed by atoms with van der Waals surface area (Å²) >= 11 is 6.03. The Bertz CT molecular complexity index is 726. The molecule has 1 amide bonds. The predicted molar refractivity (Wildman–Crippen MR) is 75.8 cm³/mol. The van der Waals surface area contributed by atoms with Crippen molar-refractivity contribution in [3.63, 3.8) is 0 Å². The average molecular weight is 327 g/mol. The van der Waals surface area contributed by atoms with E-state index in [4.69, 9.17) is 11.6 Å². The number of fused-ring (bicyclic) bond motifs is 1. The molecule has 0 spiro atoms. The molecule has 0 unspecified atom stereocenters. The molecule has 22 heavy (non-hydrogen) atoms. The lowest BCUT2D eigenvalue weighted by Crippen LogP contribution is -2.38. The van der Waals surface area contributed by atoms with Gasteiger partial charge in [0.1, 0.15) is 6.33 Å². The van der Waals surface area contributed by atoms with Gasteiger partial charge in [-0.05, 0) is 6.07 Å². The first-order valence-corrected chi connectivity index (χ1v) is 7.08. The first kappa shape index (κ1) is 14.9. The van der Waals surface area contributed by atoms with Crippen molar-refractivity contribution in [1.82, 2.24) is 19.7 Å². The molecule has 5 nitrogen and oxygen atoms in total. The molecule has 0 radical (unpaired) electrons. The summed E-state index contributed by atoms with van der Waals surface area (Å²) in [5, 5.41) is 7.51. The molecule has 1 aliphatic heterocycles. The van der Waals surface area contributed by atoms with Gasteiger partial charge in [0, 0.05) is 25.6 Å². The van der Waals surface area contributed by atoms with Crippen LogP contribution in [-0.2, 0) is 19.0 Å². The van der Waals surface area contributed by atoms with Gasteiger partial charge < -0.3 is 9.47 Å². The monoisotopic (exact) mass is 326 g/mol. The van der Waals surface area contributed by atoms with Gasteiger partial charge in [0.15, 0.2) is 5.82 Å². The number of hydrogen-bond donors (Lipinski definition) is 0. The van der Waals surface area contributed by atoms with Crippen LogP contribution in [-0.4, -0.2) is 32.1 Å². The summed E-state index contributed by atoms with van der Waals surface area (Å²) in [6, 6.07) is 4.10. The number of benzene rings is 1. The third kappa shape index (κ3) is 2.56. The Labute approximate surface area is 130 Å². The van der Waals surface area contributed by atoms with Crippen LogP contribution in [0.3, 0.4) is 0 Å². The molecule has 116 valence electrons. The molecule has 0 atom stereocenters. The van der Waals surface area contributed by atoms with Gasteiger partial charge in [-0.2, -0.15) is 0 Å². The van der Waals surface area contributed by atoms with Crippen LogP contribution >= 0.6 is 11.6 Å². The molecule has 0 aliphatic carbocycles. The molecule has 0 fully saturated rings.